The van der Waals surface area contributed by atoms with Gasteiger partial charge in [0.1, 0.15) is 5.82 Å². The zero-order chi connectivity index (χ0) is 12.0. The van der Waals surface area contributed by atoms with Gasteiger partial charge in [-0.05, 0) is 24.3 Å². The van der Waals surface area contributed by atoms with E-state index in [1.165, 1.54) is 0 Å². The van der Waals surface area contributed by atoms with Crippen LogP contribution < -0.4 is 10.6 Å². The van der Waals surface area contributed by atoms with E-state index in [2.05, 4.69) is 30.1 Å². The molecule has 0 radical (unpaired) electrons. The van der Waals surface area contributed by atoms with Gasteiger partial charge in [-0.25, -0.2) is 4.98 Å². The molecule has 90 valence electrons. The summed E-state index contributed by atoms with van der Waals surface area (Å²) in [5, 5.41) is 0. The summed E-state index contributed by atoms with van der Waals surface area (Å²) in [6, 6.07) is 4.64. The third-order valence-corrected chi connectivity index (χ3v) is 3.50. The Hall–Kier alpha value is -0.740. The molecule has 0 saturated heterocycles. The molecular formula is C12H21N3S. The van der Waals surface area contributed by atoms with Gasteiger partial charge in [0.15, 0.2) is 0 Å². The van der Waals surface area contributed by atoms with Crippen molar-refractivity contribution < 1.29 is 0 Å². The van der Waals surface area contributed by atoms with Crippen LogP contribution in [0.5, 0.6) is 0 Å². The van der Waals surface area contributed by atoms with Crippen molar-refractivity contribution in [1.29, 1.82) is 0 Å². The van der Waals surface area contributed by atoms with Gasteiger partial charge in [-0.1, -0.05) is 13.0 Å². The largest absolute Gasteiger partial charge is 0.356 e. The highest BCUT2D eigenvalue weighted by molar-refractivity contribution is 7.98. The van der Waals surface area contributed by atoms with E-state index < -0.39 is 0 Å². The average Bonchev–Trinajstić information content (AvgIpc) is 2.35. The second-order valence-corrected chi connectivity index (χ2v) is 4.77. The third kappa shape index (κ3) is 3.39. The minimum absolute atomic E-state index is 0.547. The van der Waals surface area contributed by atoms with Crippen molar-refractivity contribution in [3.63, 3.8) is 0 Å². The number of anilines is 1. The van der Waals surface area contributed by atoms with Crippen molar-refractivity contribution in [1.82, 2.24) is 4.98 Å². The zero-order valence-electron chi connectivity index (χ0n) is 10.3. The van der Waals surface area contributed by atoms with E-state index in [9.17, 15) is 0 Å². The van der Waals surface area contributed by atoms with Gasteiger partial charge in [-0.3, -0.25) is 0 Å². The summed E-state index contributed by atoms with van der Waals surface area (Å²) in [5.74, 6) is 2.16. The van der Waals surface area contributed by atoms with Gasteiger partial charge in [0.25, 0.3) is 0 Å². The van der Waals surface area contributed by atoms with Crippen molar-refractivity contribution in [2.45, 2.75) is 25.9 Å². The average molecular weight is 239 g/mol. The molecule has 1 atom stereocenters. The number of thioether (sulfide) groups is 1. The van der Waals surface area contributed by atoms with E-state index in [1.807, 2.05) is 30.1 Å². The van der Waals surface area contributed by atoms with Gasteiger partial charge in [0.05, 0.1) is 0 Å². The normalized spacial score (nSPS) is 12.5. The first-order valence-corrected chi connectivity index (χ1v) is 6.99. The molecule has 0 aromatic carbocycles. The van der Waals surface area contributed by atoms with Crippen molar-refractivity contribution in [2.24, 2.45) is 5.73 Å². The standard InChI is InChI=1S/C12H21N3S/c1-4-11(9-16-3)15(2)12-6-5-10(7-13)8-14-12/h5-6,8,11H,4,7,9,13H2,1-3H3. The number of aromatic nitrogens is 1. The molecule has 0 aliphatic carbocycles. The third-order valence-electron chi connectivity index (χ3n) is 2.78. The fourth-order valence-corrected chi connectivity index (χ4v) is 2.47. The summed E-state index contributed by atoms with van der Waals surface area (Å²) in [6.07, 6.45) is 5.14. The quantitative estimate of drug-likeness (QED) is 0.825. The van der Waals surface area contributed by atoms with Gasteiger partial charge >= 0.3 is 0 Å². The van der Waals surface area contributed by atoms with Crippen LogP contribution >= 0.6 is 11.8 Å². The topological polar surface area (TPSA) is 42.1 Å². The fraction of sp³-hybridized carbons (Fsp3) is 0.583. The molecule has 1 heterocycles. The van der Waals surface area contributed by atoms with E-state index in [4.69, 9.17) is 5.73 Å². The molecule has 0 fully saturated rings. The van der Waals surface area contributed by atoms with E-state index in [0.29, 0.717) is 12.6 Å². The van der Waals surface area contributed by atoms with Gasteiger partial charge < -0.3 is 10.6 Å². The lowest BCUT2D eigenvalue weighted by Crippen LogP contribution is -2.33. The van der Waals surface area contributed by atoms with Crippen LogP contribution in [0.3, 0.4) is 0 Å². The van der Waals surface area contributed by atoms with Crippen molar-refractivity contribution in [3.05, 3.63) is 23.9 Å². The number of rotatable bonds is 6. The van der Waals surface area contributed by atoms with Gasteiger partial charge in [0.2, 0.25) is 0 Å². The first kappa shape index (κ1) is 13.3. The second-order valence-electron chi connectivity index (χ2n) is 3.86. The maximum Gasteiger partial charge on any atom is 0.128 e. The molecule has 1 unspecified atom stereocenters. The van der Waals surface area contributed by atoms with Gasteiger partial charge in [0, 0.05) is 31.6 Å². The Morgan fingerprint density at radius 1 is 1.50 bits per heavy atom. The van der Waals surface area contributed by atoms with E-state index in [-0.39, 0.29) is 0 Å². The molecule has 0 aliphatic heterocycles. The SMILES string of the molecule is CCC(CSC)N(C)c1ccc(CN)cn1. The molecule has 0 saturated carbocycles. The Balaban J connectivity index is 2.73. The van der Waals surface area contributed by atoms with Crippen LogP contribution in [-0.2, 0) is 6.54 Å². The van der Waals surface area contributed by atoms with Crippen LogP contribution in [0.2, 0.25) is 0 Å². The Morgan fingerprint density at radius 2 is 2.25 bits per heavy atom. The zero-order valence-corrected chi connectivity index (χ0v) is 11.1. The highest BCUT2D eigenvalue weighted by Gasteiger charge is 2.13. The minimum Gasteiger partial charge on any atom is -0.356 e. The van der Waals surface area contributed by atoms with Crippen LogP contribution in [0.25, 0.3) is 0 Å². The second kappa shape index (κ2) is 6.76. The van der Waals surface area contributed by atoms with Crippen LogP contribution in [-0.4, -0.2) is 30.1 Å². The number of nitrogens with zero attached hydrogens (tertiary/aromatic N) is 2. The smallest absolute Gasteiger partial charge is 0.128 e. The van der Waals surface area contributed by atoms with Crippen molar-refractivity contribution in [3.8, 4) is 0 Å². The summed E-state index contributed by atoms with van der Waals surface area (Å²) in [4.78, 5) is 6.68. The van der Waals surface area contributed by atoms with Gasteiger partial charge in [-0.15, -0.1) is 0 Å². The molecule has 4 heteroatoms. The van der Waals surface area contributed by atoms with Gasteiger partial charge in [-0.2, -0.15) is 11.8 Å². The van der Waals surface area contributed by atoms with Crippen LogP contribution in [0, 0.1) is 0 Å². The minimum atomic E-state index is 0.547. The van der Waals surface area contributed by atoms with E-state index >= 15 is 0 Å². The first-order valence-electron chi connectivity index (χ1n) is 5.59. The highest BCUT2D eigenvalue weighted by Crippen LogP contribution is 2.16. The summed E-state index contributed by atoms with van der Waals surface area (Å²) in [5.41, 5.74) is 6.63. The molecule has 16 heavy (non-hydrogen) atoms. The van der Waals surface area contributed by atoms with E-state index in [0.717, 1.165) is 23.6 Å². The Labute approximate surface area is 102 Å². The number of hydrogen-bond donors (Lipinski definition) is 1. The molecule has 1 aromatic heterocycles. The van der Waals surface area contributed by atoms with Crippen LogP contribution in [0.4, 0.5) is 5.82 Å². The molecule has 0 aliphatic rings. The summed E-state index contributed by atoms with van der Waals surface area (Å²) < 4.78 is 0. The first-order chi connectivity index (χ1) is 7.72. The molecular weight excluding hydrogens is 218 g/mol. The van der Waals surface area contributed by atoms with Crippen LogP contribution in [0.1, 0.15) is 18.9 Å². The lowest BCUT2D eigenvalue weighted by atomic mass is 10.2. The lowest BCUT2D eigenvalue weighted by Gasteiger charge is -2.27. The Morgan fingerprint density at radius 3 is 2.69 bits per heavy atom. The van der Waals surface area contributed by atoms with Crippen molar-refractivity contribution in [2.75, 3.05) is 24.0 Å². The molecule has 0 amide bonds. The number of pyridine rings is 1. The number of hydrogen-bond acceptors (Lipinski definition) is 4. The van der Waals surface area contributed by atoms with E-state index in [1.54, 1.807) is 0 Å². The molecule has 0 bridgehead atoms. The molecule has 3 nitrogen and oxygen atoms in total. The summed E-state index contributed by atoms with van der Waals surface area (Å²) in [6.45, 7) is 2.77. The van der Waals surface area contributed by atoms with Crippen molar-refractivity contribution >= 4 is 17.6 Å². The maximum absolute atomic E-state index is 5.55. The predicted octanol–water partition coefficient (Wildman–Crippen LogP) is 2.12. The van der Waals surface area contributed by atoms with Crippen LogP contribution in [0.15, 0.2) is 18.3 Å². The fourth-order valence-electron chi connectivity index (χ4n) is 1.63. The maximum atomic E-state index is 5.55. The molecule has 1 rings (SSSR count). The monoisotopic (exact) mass is 239 g/mol. The molecule has 2 N–H and O–H groups in total. The Kier molecular flexibility index (Phi) is 5.63. The summed E-state index contributed by atoms with van der Waals surface area (Å²) in [7, 11) is 2.11. The predicted molar refractivity (Wildman–Crippen MR) is 73.0 cm³/mol. The Bertz CT molecular complexity index is 300. The molecule has 0 spiro atoms. The summed E-state index contributed by atoms with van der Waals surface area (Å²) >= 11 is 1.88. The number of nitrogens with two attached hydrogens (primary N) is 1. The highest BCUT2D eigenvalue weighted by atomic mass is 32.2. The lowest BCUT2D eigenvalue weighted by molar-refractivity contribution is 0.666. The molecule has 1 aromatic rings.